The van der Waals surface area contributed by atoms with Gasteiger partial charge in [-0.2, -0.15) is 37.9 Å². The van der Waals surface area contributed by atoms with Crippen LogP contribution in [-0.4, -0.2) is 299 Å². The number of aliphatic hydroxyl groups excluding tert-OH is 2. The molecule has 0 saturated heterocycles. The van der Waals surface area contributed by atoms with E-state index >= 15 is 0 Å². The van der Waals surface area contributed by atoms with Crippen molar-refractivity contribution in [2.24, 2.45) is 29.4 Å². The number of aliphatic carboxylic acids is 3. The average molecular weight is 1990 g/mol. The fourth-order valence-electron chi connectivity index (χ4n) is 14.0. The lowest BCUT2D eigenvalue weighted by Crippen LogP contribution is -2.63. The highest BCUT2D eigenvalue weighted by molar-refractivity contribution is 7.80. The van der Waals surface area contributed by atoms with E-state index in [0.29, 0.717) is 22.0 Å². The van der Waals surface area contributed by atoms with Gasteiger partial charge in [0.15, 0.2) is 0 Å². The van der Waals surface area contributed by atoms with Gasteiger partial charge in [0.2, 0.25) is 100 Å². The lowest BCUT2D eigenvalue weighted by atomic mass is 9.95. The molecule has 3 aromatic carbocycles. The number of benzene rings is 3. The van der Waals surface area contributed by atoms with Crippen LogP contribution in [-0.2, 0) is 115 Å². The zero-order chi connectivity index (χ0) is 103. The molecule has 27 N–H and O–H groups in total. The lowest BCUT2D eigenvalue weighted by molar-refractivity contribution is -0.142. The maximum absolute atomic E-state index is 14.8. The summed E-state index contributed by atoms with van der Waals surface area (Å²) in [6.07, 6.45) is -3.09. The first-order valence-corrected chi connectivity index (χ1v) is 46.5. The highest BCUT2D eigenvalue weighted by Crippen LogP contribution is 2.23. The number of aromatic amines is 2. The van der Waals surface area contributed by atoms with Crippen molar-refractivity contribution in [1.29, 1.82) is 0 Å². The summed E-state index contributed by atoms with van der Waals surface area (Å²) in [7, 11) is 0. The van der Waals surface area contributed by atoms with Gasteiger partial charge >= 0.3 is 17.9 Å². The van der Waals surface area contributed by atoms with Crippen LogP contribution in [0.25, 0.3) is 21.8 Å². The normalized spacial score (nSPS) is 15.0. The number of H-pyrrole nitrogens is 2. The minimum Gasteiger partial charge on any atom is -0.508 e. The number of carboxylic acid groups (broad SMARTS) is 3. The maximum Gasteiger partial charge on any atom is 0.326 e. The van der Waals surface area contributed by atoms with Crippen molar-refractivity contribution in [3.8, 4) is 5.75 Å². The minimum atomic E-state index is -1.94. The Balaban J connectivity index is 1.25. The van der Waals surface area contributed by atoms with Crippen LogP contribution in [0.1, 0.15) is 131 Å². The zero-order valence-electron chi connectivity index (χ0n) is 77.9. The molecule has 758 valence electrons. The van der Waals surface area contributed by atoms with Gasteiger partial charge in [-0.3, -0.25) is 91.1 Å². The standard InChI is InChI=1S/C89H128N20O26S3/c1-11-45(8)73(86(131)102-61(32-50-34-92-56-19-15-13-17-53(50)56)81(126)103-63(39-136)78(123)95-35-66(113)93-36-67(114)99-62(89(134)135)29-43(4)5)107-82(127)59(28-42(2)3)100-79(124)57(24-26-70(117)118)97-69(116)38-96-77(122)60(30-48-20-22-51(112)23-21-48)101-83(128)64(40-137)105-87(132)74(46(9)110)109-85(130)72(44(6)7)106-88(133)75(47(10)111)108-84(129)65(41-138)104-80(125)58(25-27-71(119)120)98-68(115)37-94-76(121)54(90)31-49-33-91-55-18-14-12-16-52(49)55/h12-23,33-34,42-47,54,57-65,72-75,91-92,110-112,136-138H,11,24-32,35-41,90H2,1-10H3,(H,93,113)(H,94,121)(H,95,123)(H,96,122)(H,97,116)(H,98,115)(H,99,114)(H,100,124)(H,101,128)(H,102,131)(H,103,126)(H,104,125)(H,105,132)(H,106,133)(H,107,127)(H,108,129)(H,109,130)(H,117,118)(H,119,120)(H,134,135)/t45-,46+,47+,54-,57-,58-,59-,60-,61-,62-,63-,64-,65-,72-,73-,74-,75-/m0/s1. The summed E-state index contributed by atoms with van der Waals surface area (Å²) in [5.41, 5.74) is 9.16. The van der Waals surface area contributed by atoms with Crippen LogP contribution in [0.4, 0.5) is 0 Å². The number of amides is 17. The first kappa shape index (κ1) is 115. The van der Waals surface area contributed by atoms with Gasteiger partial charge in [0.25, 0.3) is 0 Å². The number of nitrogens with two attached hydrogens (primary N) is 1. The molecule has 138 heavy (non-hydrogen) atoms. The molecule has 17 atom stereocenters. The van der Waals surface area contributed by atoms with Crippen molar-refractivity contribution < 1.29 is 127 Å². The van der Waals surface area contributed by atoms with Gasteiger partial charge in [0, 0.05) is 77.1 Å². The predicted octanol–water partition coefficient (Wildman–Crippen LogP) is -4.36. The molecule has 0 spiro atoms. The fraction of sp³-hybridized carbons (Fsp3) is 0.528. The second-order valence-corrected chi connectivity index (χ2v) is 35.4. The quantitative estimate of drug-likeness (QED) is 0.0164. The SMILES string of the molecule is CC[C@H](C)[C@H](NC(=O)[C@H](CC(C)C)NC(=O)[C@H](CCC(=O)O)NC(=O)CNC(=O)[C@H](Cc1ccc(O)cc1)NC(=O)[C@H](CS)NC(=O)[C@@H](NC(=O)[C@@H](NC(=O)[C@@H](NC(=O)[C@H](CS)NC(=O)[C@H](CCC(=O)O)NC(=O)CNC(=O)[C@@H](N)Cc1c[nH]c2ccccc12)[C@@H](C)O)C(C)C)[C@@H](C)O)C(=O)N[C@@H](Cc1c[nH]c2ccccc12)C(=O)N[C@@H](CS)C(=O)NCC(=O)NCC(=O)N[C@@H](CC(C)C)C(=O)O. The number of thiol groups is 3. The molecule has 46 nitrogen and oxygen atoms in total. The van der Waals surface area contributed by atoms with Gasteiger partial charge < -0.3 is 137 Å². The number of rotatable bonds is 59. The third kappa shape index (κ3) is 38.1. The Kier molecular flexibility index (Phi) is 47.8. The molecule has 0 fully saturated rings. The first-order valence-electron chi connectivity index (χ1n) is 44.6. The summed E-state index contributed by atoms with van der Waals surface area (Å²) in [4.78, 5) is 278. The Bertz CT molecular complexity index is 5090. The summed E-state index contributed by atoms with van der Waals surface area (Å²) in [6, 6.07) is -2.67. The monoisotopic (exact) mass is 1990 g/mol. The van der Waals surface area contributed by atoms with Crippen molar-refractivity contribution in [3.63, 3.8) is 0 Å². The van der Waals surface area contributed by atoms with Gasteiger partial charge in [-0.15, -0.1) is 0 Å². The van der Waals surface area contributed by atoms with Crippen LogP contribution < -0.4 is 96.1 Å². The van der Waals surface area contributed by atoms with Gasteiger partial charge in [0.05, 0.1) is 44.4 Å². The molecule has 2 heterocycles. The van der Waals surface area contributed by atoms with Crippen LogP contribution in [0.3, 0.4) is 0 Å². The van der Waals surface area contributed by atoms with Crippen LogP contribution in [0.2, 0.25) is 0 Å². The van der Waals surface area contributed by atoms with Gasteiger partial charge in [-0.1, -0.05) is 110 Å². The number of aromatic nitrogens is 2. The minimum absolute atomic E-state index is 0.0798. The summed E-state index contributed by atoms with van der Waals surface area (Å²) >= 11 is 12.7. The first-order chi connectivity index (χ1) is 65.1. The lowest BCUT2D eigenvalue weighted by Gasteiger charge is -2.30. The molecule has 0 bridgehead atoms. The van der Waals surface area contributed by atoms with Crippen molar-refractivity contribution >= 4 is 178 Å². The molecular weight excluding hydrogens is 1860 g/mol. The highest BCUT2D eigenvalue weighted by atomic mass is 32.1. The molecule has 0 aliphatic carbocycles. The molecule has 0 aliphatic heterocycles. The Morgan fingerprint density at radius 1 is 0.355 bits per heavy atom. The molecule has 0 radical (unpaired) electrons. The number of nitrogens with one attached hydrogen (secondary N) is 19. The number of hydrogen-bond acceptors (Lipinski definition) is 27. The van der Waals surface area contributed by atoms with E-state index in [-0.39, 0.29) is 55.4 Å². The number of aliphatic hydroxyl groups is 2. The smallest absolute Gasteiger partial charge is 0.326 e. The number of aromatic hydroxyl groups is 1. The van der Waals surface area contributed by atoms with Crippen molar-refractivity contribution in [1.82, 2.24) is 100 Å². The number of phenolic OH excluding ortho intramolecular Hbond substituents is 1. The molecule has 0 unspecified atom stereocenters. The summed E-state index contributed by atoms with van der Waals surface area (Å²) in [5.74, 6) is -25.1. The number of carbonyl (C=O) groups excluding carboxylic acids is 17. The second kappa shape index (κ2) is 57.2. The van der Waals surface area contributed by atoms with Crippen LogP contribution in [0.15, 0.2) is 85.2 Å². The predicted molar refractivity (Wildman–Crippen MR) is 510 cm³/mol. The van der Waals surface area contributed by atoms with E-state index in [0.717, 1.165) is 30.3 Å². The summed E-state index contributed by atoms with van der Waals surface area (Å²) in [6.45, 7) is 12.2. The molecule has 49 heteroatoms. The number of hydrogen-bond donors (Lipinski definition) is 29. The Hall–Kier alpha value is -13.1. The van der Waals surface area contributed by atoms with Crippen LogP contribution in [0, 0.1) is 23.7 Å². The average Bonchev–Trinajstić information content (AvgIpc) is 1.65. The van der Waals surface area contributed by atoms with E-state index in [4.69, 9.17) is 5.73 Å². The topological polar surface area (TPSA) is 725 Å². The third-order valence-electron chi connectivity index (χ3n) is 21.8. The van der Waals surface area contributed by atoms with E-state index in [1.165, 1.54) is 38.1 Å². The number of phenols is 1. The van der Waals surface area contributed by atoms with Gasteiger partial charge in [0.1, 0.15) is 84.3 Å². The fourth-order valence-corrected chi connectivity index (χ4v) is 14.8. The van der Waals surface area contributed by atoms with E-state index in [9.17, 15) is 127 Å². The van der Waals surface area contributed by atoms with Gasteiger partial charge in [-0.05, 0) is 111 Å². The highest BCUT2D eigenvalue weighted by Gasteiger charge is 2.41. The molecular formula is C89H128N20O26S3. The van der Waals surface area contributed by atoms with Crippen molar-refractivity contribution in [3.05, 3.63) is 102 Å². The van der Waals surface area contributed by atoms with E-state index in [1.807, 2.05) is 18.2 Å². The number of carboxylic acids is 3. The largest absolute Gasteiger partial charge is 0.508 e. The van der Waals surface area contributed by atoms with E-state index < -0.39 is 297 Å². The number of carbonyl (C=O) groups is 20. The molecule has 2 aromatic heterocycles. The van der Waals surface area contributed by atoms with Gasteiger partial charge in [-0.25, -0.2) is 4.79 Å². The third-order valence-corrected chi connectivity index (χ3v) is 22.9. The van der Waals surface area contributed by atoms with E-state index in [2.05, 4.69) is 138 Å². The molecule has 5 rings (SSSR count). The molecule has 5 aromatic rings. The van der Waals surface area contributed by atoms with Crippen LogP contribution in [0.5, 0.6) is 5.75 Å². The van der Waals surface area contributed by atoms with E-state index in [1.54, 1.807) is 84.3 Å². The molecule has 0 saturated carbocycles. The molecule has 17 amide bonds. The Morgan fingerprint density at radius 2 is 0.696 bits per heavy atom. The number of fused-ring (bicyclic) bond motifs is 2. The van der Waals surface area contributed by atoms with Crippen molar-refractivity contribution in [2.45, 2.75) is 230 Å². The maximum atomic E-state index is 14.8. The van der Waals surface area contributed by atoms with Crippen LogP contribution >= 0.6 is 37.9 Å². The molecule has 0 aliphatic rings. The van der Waals surface area contributed by atoms with Crippen molar-refractivity contribution in [2.75, 3.05) is 43.4 Å². The Morgan fingerprint density at radius 3 is 1.16 bits per heavy atom. The Labute approximate surface area is 811 Å². The zero-order valence-corrected chi connectivity index (χ0v) is 80.6. The number of para-hydroxylation sites is 2. The summed E-state index contributed by atoms with van der Waals surface area (Å²) in [5, 5.41) is 103. The second-order valence-electron chi connectivity index (χ2n) is 34.3. The summed E-state index contributed by atoms with van der Waals surface area (Å²) < 4.78 is 0.